The molecule has 110 valence electrons. The first-order chi connectivity index (χ1) is 9.92. The summed E-state index contributed by atoms with van der Waals surface area (Å²) >= 11 is 0. The van der Waals surface area contributed by atoms with Gasteiger partial charge in [-0.05, 0) is 36.0 Å². The van der Waals surface area contributed by atoms with Gasteiger partial charge in [-0.15, -0.1) is 0 Å². The summed E-state index contributed by atoms with van der Waals surface area (Å²) in [5.41, 5.74) is 4.52. The van der Waals surface area contributed by atoms with Gasteiger partial charge in [-0.25, -0.2) is 0 Å². The monoisotopic (exact) mass is 270 g/mol. The molecule has 2 rings (SSSR count). The third-order valence-electron chi connectivity index (χ3n) is 4.43. The number of unbranched alkanes of at least 4 members (excludes halogenated alkanes) is 8. The Hall–Kier alpha value is -1.04. The molecule has 0 spiro atoms. The van der Waals surface area contributed by atoms with Gasteiger partial charge < -0.3 is 0 Å². The fourth-order valence-corrected chi connectivity index (χ4v) is 3.16. The minimum atomic E-state index is 1.11. The maximum Gasteiger partial charge on any atom is -0.0157 e. The molecule has 0 aromatic heterocycles. The molecule has 2 aliphatic rings. The molecule has 0 fully saturated rings. The van der Waals surface area contributed by atoms with Crippen molar-refractivity contribution in [3.63, 3.8) is 0 Å². The van der Waals surface area contributed by atoms with Crippen molar-refractivity contribution in [3.05, 3.63) is 47.1 Å². The molecule has 0 saturated carbocycles. The van der Waals surface area contributed by atoms with Crippen molar-refractivity contribution < 1.29 is 0 Å². The van der Waals surface area contributed by atoms with Crippen LogP contribution in [0.1, 0.15) is 77.6 Å². The molecule has 0 aromatic carbocycles. The van der Waals surface area contributed by atoms with Crippen LogP contribution in [0.2, 0.25) is 0 Å². The summed E-state index contributed by atoms with van der Waals surface area (Å²) in [5.74, 6) is 0. The van der Waals surface area contributed by atoms with Crippen LogP contribution in [0.4, 0.5) is 0 Å². The minimum Gasteiger partial charge on any atom is -0.0801 e. The minimum absolute atomic E-state index is 1.11. The number of fused-ring (bicyclic) bond motifs is 1. The van der Waals surface area contributed by atoms with Crippen LogP contribution in [0.25, 0.3) is 0 Å². The van der Waals surface area contributed by atoms with E-state index in [1.54, 1.807) is 5.57 Å². The largest absolute Gasteiger partial charge is 0.0801 e. The van der Waals surface area contributed by atoms with E-state index in [9.17, 15) is 0 Å². The van der Waals surface area contributed by atoms with E-state index < -0.39 is 0 Å². The molecular weight excluding hydrogens is 240 g/mol. The second-order valence-electron chi connectivity index (χ2n) is 6.15. The zero-order valence-corrected chi connectivity index (χ0v) is 13.2. The van der Waals surface area contributed by atoms with Gasteiger partial charge in [0.15, 0.2) is 0 Å². The normalized spacial score (nSPS) is 16.8. The molecule has 0 unspecified atom stereocenters. The maximum absolute atomic E-state index is 2.34. The van der Waals surface area contributed by atoms with Crippen molar-refractivity contribution >= 4 is 0 Å². The van der Waals surface area contributed by atoms with Gasteiger partial charge in [0.25, 0.3) is 0 Å². The lowest BCUT2D eigenvalue weighted by Gasteiger charge is -2.08. The Morgan fingerprint density at radius 2 is 1.50 bits per heavy atom. The SMILES string of the molecule is CCCCCCCCCCCC1=C2C=CCC=C2C=C1. The van der Waals surface area contributed by atoms with Crippen molar-refractivity contribution in [1.29, 1.82) is 0 Å². The maximum atomic E-state index is 2.34. The molecule has 0 atom stereocenters. The van der Waals surface area contributed by atoms with Gasteiger partial charge >= 0.3 is 0 Å². The first-order valence-corrected chi connectivity index (χ1v) is 8.70. The average Bonchev–Trinajstić information content (AvgIpc) is 2.89. The summed E-state index contributed by atoms with van der Waals surface area (Å²) < 4.78 is 0. The molecule has 0 N–H and O–H groups in total. The van der Waals surface area contributed by atoms with Gasteiger partial charge in [0.05, 0.1) is 0 Å². The lowest BCUT2D eigenvalue weighted by atomic mass is 9.97. The fraction of sp³-hybridized carbons (Fsp3) is 0.600. The van der Waals surface area contributed by atoms with Crippen molar-refractivity contribution in [2.75, 3.05) is 0 Å². The predicted molar refractivity (Wildman–Crippen MR) is 89.9 cm³/mol. The Kier molecular flexibility index (Phi) is 6.91. The Morgan fingerprint density at radius 3 is 2.25 bits per heavy atom. The highest BCUT2D eigenvalue weighted by atomic mass is 14.2. The van der Waals surface area contributed by atoms with E-state index in [1.165, 1.54) is 75.4 Å². The number of hydrogen-bond acceptors (Lipinski definition) is 0. The Morgan fingerprint density at radius 1 is 0.800 bits per heavy atom. The lowest BCUT2D eigenvalue weighted by molar-refractivity contribution is 0.565. The Labute approximate surface area is 125 Å². The van der Waals surface area contributed by atoms with Crippen LogP contribution < -0.4 is 0 Å². The van der Waals surface area contributed by atoms with E-state index in [0.29, 0.717) is 0 Å². The standard InChI is InChI=1S/C20H30/c1-2-3-4-5-6-7-8-9-10-13-18-16-17-19-14-11-12-15-20(18)19/h12,14-17H,2-11,13H2,1H3. The van der Waals surface area contributed by atoms with Gasteiger partial charge in [0.2, 0.25) is 0 Å². The highest BCUT2D eigenvalue weighted by molar-refractivity contribution is 5.59. The van der Waals surface area contributed by atoms with Crippen molar-refractivity contribution in [3.8, 4) is 0 Å². The molecule has 0 heterocycles. The lowest BCUT2D eigenvalue weighted by Crippen LogP contribution is -1.89. The average molecular weight is 270 g/mol. The summed E-state index contributed by atoms with van der Waals surface area (Å²) in [6.45, 7) is 2.29. The molecule has 0 nitrogen and oxygen atoms in total. The summed E-state index contributed by atoms with van der Waals surface area (Å²) in [6, 6.07) is 0. The van der Waals surface area contributed by atoms with E-state index in [1.807, 2.05) is 0 Å². The van der Waals surface area contributed by atoms with Crippen LogP contribution in [-0.4, -0.2) is 0 Å². The summed E-state index contributed by atoms with van der Waals surface area (Å²) in [5, 5.41) is 0. The second-order valence-corrected chi connectivity index (χ2v) is 6.15. The quantitative estimate of drug-likeness (QED) is 0.389. The van der Waals surface area contributed by atoms with Gasteiger partial charge in [-0.1, -0.05) is 88.7 Å². The third kappa shape index (κ3) is 4.81. The molecule has 0 heteroatoms. The molecule has 2 aliphatic carbocycles. The highest BCUT2D eigenvalue weighted by Gasteiger charge is 2.12. The van der Waals surface area contributed by atoms with Crippen LogP contribution in [0.3, 0.4) is 0 Å². The van der Waals surface area contributed by atoms with Crippen LogP contribution >= 0.6 is 0 Å². The number of allylic oxidation sites excluding steroid dienone is 8. The molecule has 0 saturated heterocycles. The van der Waals surface area contributed by atoms with Crippen LogP contribution in [0, 0.1) is 0 Å². The zero-order valence-electron chi connectivity index (χ0n) is 13.2. The van der Waals surface area contributed by atoms with Crippen LogP contribution in [0.15, 0.2) is 47.1 Å². The molecule has 20 heavy (non-hydrogen) atoms. The first kappa shape index (κ1) is 15.4. The Bertz CT molecular complexity index is 404. The third-order valence-corrected chi connectivity index (χ3v) is 4.43. The molecule has 0 bridgehead atoms. The molecule has 0 amide bonds. The molecule has 0 aliphatic heterocycles. The number of rotatable bonds is 10. The van der Waals surface area contributed by atoms with E-state index >= 15 is 0 Å². The highest BCUT2D eigenvalue weighted by Crippen LogP contribution is 2.31. The summed E-state index contributed by atoms with van der Waals surface area (Å²) in [4.78, 5) is 0. The molecular formula is C20H30. The summed E-state index contributed by atoms with van der Waals surface area (Å²) in [7, 11) is 0. The van der Waals surface area contributed by atoms with E-state index in [0.717, 1.165) is 6.42 Å². The van der Waals surface area contributed by atoms with Gasteiger partial charge in [-0.2, -0.15) is 0 Å². The fourth-order valence-electron chi connectivity index (χ4n) is 3.16. The second kappa shape index (κ2) is 9.00. The van der Waals surface area contributed by atoms with Crippen LogP contribution in [-0.2, 0) is 0 Å². The molecule has 0 aromatic rings. The molecule has 0 radical (unpaired) electrons. The zero-order chi connectivity index (χ0) is 14.0. The summed E-state index contributed by atoms with van der Waals surface area (Å²) in [6.07, 6.45) is 26.7. The predicted octanol–water partition coefficient (Wildman–Crippen LogP) is 6.66. The number of hydrogen-bond donors (Lipinski definition) is 0. The first-order valence-electron chi connectivity index (χ1n) is 8.70. The van der Waals surface area contributed by atoms with Crippen molar-refractivity contribution in [1.82, 2.24) is 0 Å². The smallest absolute Gasteiger partial charge is 0.0157 e. The van der Waals surface area contributed by atoms with E-state index in [2.05, 4.69) is 37.3 Å². The van der Waals surface area contributed by atoms with E-state index in [-0.39, 0.29) is 0 Å². The van der Waals surface area contributed by atoms with Crippen LogP contribution in [0.5, 0.6) is 0 Å². The Balaban J connectivity index is 1.54. The van der Waals surface area contributed by atoms with Gasteiger partial charge in [0, 0.05) is 0 Å². The van der Waals surface area contributed by atoms with Crippen molar-refractivity contribution in [2.24, 2.45) is 0 Å². The van der Waals surface area contributed by atoms with Crippen molar-refractivity contribution in [2.45, 2.75) is 77.6 Å². The van der Waals surface area contributed by atoms with Gasteiger partial charge in [0.1, 0.15) is 0 Å². The van der Waals surface area contributed by atoms with E-state index in [4.69, 9.17) is 0 Å². The topological polar surface area (TPSA) is 0 Å². The van der Waals surface area contributed by atoms with Gasteiger partial charge in [-0.3, -0.25) is 0 Å².